The zero-order chi connectivity index (χ0) is 22.6. The summed E-state index contributed by atoms with van der Waals surface area (Å²) in [5.41, 5.74) is 4.37. The summed E-state index contributed by atoms with van der Waals surface area (Å²) in [6.07, 6.45) is 0. The van der Waals surface area contributed by atoms with Gasteiger partial charge in [-0.3, -0.25) is 14.4 Å². The van der Waals surface area contributed by atoms with Gasteiger partial charge in [0.15, 0.2) is 0 Å². The van der Waals surface area contributed by atoms with E-state index >= 15 is 0 Å². The second kappa shape index (κ2) is 13.2. The van der Waals surface area contributed by atoms with Crippen LogP contribution in [0.1, 0.15) is 36.4 Å². The Hall–Kier alpha value is -2.22. The van der Waals surface area contributed by atoms with Gasteiger partial charge in [0.1, 0.15) is 0 Å². The molecule has 7 nitrogen and oxygen atoms in total. The van der Waals surface area contributed by atoms with Gasteiger partial charge in [-0.2, -0.15) is 5.10 Å². The highest BCUT2D eigenvalue weighted by molar-refractivity contribution is 5.78. The van der Waals surface area contributed by atoms with Crippen molar-refractivity contribution >= 4 is 5.91 Å². The first-order valence-electron chi connectivity index (χ1n) is 11.3. The highest BCUT2D eigenvalue weighted by Gasteiger charge is 2.15. The number of nitrogens with one attached hydrogen (secondary N) is 1. The van der Waals surface area contributed by atoms with Crippen LogP contribution in [-0.4, -0.2) is 78.5 Å². The summed E-state index contributed by atoms with van der Waals surface area (Å²) in [6.45, 7) is 15.2. The van der Waals surface area contributed by atoms with Crippen molar-refractivity contribution in [3.8, 4) is 0 Å². The number of carbonyl (C=O) groups is 1. The minimum absolute atomic E-state index is 0.0326. The van der Waals surface area contributed by atoms with E-state index in [-0.39, 0.29) is 5.91 Å². The lowest BCUT2D eigenvalue weighted by molar-refractivity contribution is -0.122. The number of ether oxygens (including phenoxy) is 1. The number of methoxy groups -OCH3 is 1. The van der Waals surface area contributed by atoms with Crippen molar-refractivity contribution in [2.75, 3.05) is 53.0 Å². The molecule has 0 bridgehead atoms. The molecule has 1 heterocycles. The first-order valence-corrected chi connectivity index (χ1v) is 11.3. The summed E-state index contributed by atoms with van der Waals surface area (Å²) < 4.78 is 7.24. The zero-order valence-electron chi connectivity index (χ0n) is 19.9. The molecule has 0 atom stereocenters. The molecule has 0 aliphatic carbocycles. The minimum atomic E-state index is 0.0326. The monoisotopic (exact) mass is 429 g/mol. The molecule has 7 heteroatoms. The molecule has 31 heavy (non-hydrogen) atoms. The van der Waals surface area contributed by atoms with Crippen LogP contribution >= 0.6 is 0 Å². The number of hydrogen-bond acceptors (Lipinski definition) is 5. The standard InChI is InChI=1S/C24H39N5O2/c1-6-27(7-2)13-14-28(15-16-31-5)19-24(30)25-17-23-20(3)26-29(21(23)4)18-22-11-9-8-10-12-22/h8-12H,6-7,13-19H2,1-5H3,(H,25,30). The minimum Gasteiger partial charge on any atom is -0.383 e. The largest absolute Gasteiger partial charge is 0.383 e. The van der Waals surface area contributed by atoms with E-state index in [1.54, 1.807) is 7.11 Å². The maximum Gasteiger partial charge on any atom is 0.234 e. The van der Waals surface area contributed by atoms with Crippen LogP contribution in [0.15, 0.2) is 30.3 Å². The van der Waals surface area contributed by atoms with E-state index in [1.807, 2.05) is 29.8 Å². The van der Waals surface area contributed by atoms with Crippen molar-refractivity contribution < 1.29 is 9.53 Å². The first kappa shape index (κ1) is 25.0. The predicted octanol–water partition coefficient (Wildman–Crippen LogP) is 2.45. The number of carbonyl (C=O) groups excluding carboxylic acids is 1. The van der Waals surface area contributed by atoms with Gasteiger partial charge >= 0.3 is 0 Å². The summed E-state index contributed by atoms with van der Waals surface area (Å²) in [5, 5.41) is 7.78. The van der Waals surface area contributed by atoms with Crippen LogP contribution in [0, 0.1) is 13.8 Å². The van der Waals surface area contributed by atoms with Gasteiger partial charge in [0, 0.05) is 44.5 Å². The smallest absolute Gasteiger partial charge is 0.234 e. The molecule has 1 amide bonds. The molecule has 1 aromatic heterocycles. The van der Waals surface area contributed by atoms with Crippen LogP contribution in [-0.2, 0) is 22.6 Å². The second-order valence-electron chi connectivity index (χ2n) is 7.87. The quantitative estimate of drug-likeness (QED) is 0.500. The maximum absolute atomic E-state index is 12.7. The maximum atomic E-state index is 12.7. The lowest BCUT2D eigenvalue weighted by atomic mass is 10.2. The topological polar surface area (TPSA) is 62.6 Å². The molecule has 172 valence electrons. The van der Waals surface area contributed by atoms with E-state index in [0.717, 1.165) is 56.2 Å². The van der Waals surface area contributed by atoms with Crippen molar-refractivity contribution in [1.29, 1.82) is 0 Å². The Kier molecular flexibility index (Phi) is 10.7. The van der Waals surface area contributed by atoms with Gasteiger partial charge in [0.05, 0.1) is 25.4 Å². The lowest BCUT2D eigenvalue weighted by Gasteiger charge is -2.25. The molecule has 1 aromatic carbocycles. The zero-order valence-corrected chi connectivity index (χ0v) is 19.9. The summed E-state index contributed by atoms with van der Waals surface area (Å²) in [7, 11) is 1.70. The number of aromatic nitrogens is 2. The molecule has 0 saturated carbocycles. The number of nitrogens with zero attached hydrogens (tertiary/aromatic N) is 4. The summed E-state index contributed by atoms with van der Waals surface area (Å²) >= 11 is 0. The van der Waals surface area contributed by atoms with Crippen LogP contribution in [0.3, 0.4) is 0 Å². The second-order valence-corrected chi connectivity index (χ2v) is 7.87. The van der Waals surface area contributed by atoms with E-state index in [1.165, 1.54) is 5.56 Å². The lowest BCUT2D eigenvalue weighted by Crippen LogP contribution is -2.42. The molecule has 0 saturated heterocycles. The Labute approximate surface area is 187 Å². The van der Waals surface area contributed by atoms with Gasteiger partial charge in [-0.1, -0.05) is 44.2 Å². The molecule has 0 aliphatic rings. The van der Waals surface area contributed by atoms with Crippen LogP contribution in [0.5, 0.6) is 0 Å². The number of aryl methyl sites for hydroxylation is 1. The Bertz CT molecular complexity index is 787. The molecule has 0 unspecified atom stereocenters. The van der Waals surface area contributed by atoms with E-state index < -0.39 is 0 Å². The summed E-state index contributed by atoms with van der Waals surface area (Å²) in [6, 6.07) is 10.3. The summed E-state index contributed by atoms with van der Waals surface area (Å²) in [4.78, 5) is 17.2. The van der Waals surface area contributed by atoms with Gasteiger partial charge in [-0.05, 0) is 32.5 Å². The highest BCUT2D eigenvalue weighted by atomic mass is 16.5. The van der Waals surface area contributed by atoms with Gasteiger partial charge < -0.3 is 15.0 Å². The first-order chi connectivity index (χ1) is 15.0. The number of likely N-dealkylation sites (N-methyl/N-ethyl adjacent to an activating group) is 1. The molecule has 0 aliphatic heterocycles. The molecular formula is C24H39N5O2. The van der Waals surface area contributed by atoms with Crippen LogP contribution in [0.4, 0.5) is 0 Å². The molecule has 0 fully saturated rings. The fourth-order valence-electron chi connectivity index (χ4n) is 3.66. The van der Waals surface area contributed by atoms with Gasteiger partial charge in [0.25, 0.3) is 0 Å². The van der Waals surface area contributed by atoms with E-state index in [4.69, 9.17) is 4.74 Å². The van der Waals surface area contributed by atoms with Crippen LogP contribution < -0.4 is 5.32 Å². The fraction of sp³-hybridized carbons (Fsp3) is 0.583. The Morgan fingerprint density at radius 1 is 1.06 bits per heavy atom. The van der Waals surface area contributed by atoms with Crippen molar-refractivity contribution in [3.05, 3.63) is 52.8 Å². The van der Waals surface area contributed by atoms with E-state index in [0.29, 0.717) is 19.7 Å². The van der Waals surface area contributed by atoms with Gasteiger partial charge in [-0.25, -0.2) is 0 Å². The van der Waals surface area contributed by atoms with Crippen molar-refractivity contribution in [2.24, 2.45) is 0 Å². The summed E-state index contributed by atoms with van der Waals surface area (Å²) in [5.74, 6) is 0.0326. The van der Waals surface area contributed by atoms with Crippen molar-refractivity contribution in [3.63, 3.8) is 0 Å². The van der Waals surface area contributed by atoms with E-state index in [2.05, 4.69) is 53.1 Å². The average Bonchev–Trinajstić information content (AvgIpc) is 3.04. The normalized spacial score (nSPS) is 11.5. The molecule has 0 radical (unpaired) electrons. The van der Waals surface area contributed by atoms with Crippen molar-refractivity contribution in [1.82, 2.24) is 24.9 Å². The third-order valence-corrected chi connectivity index (χ3v) is 5.77. The molecular weight excluding hydrogens is 390 g/mol. The van der Waals surface area contributed by atoms with Crippen molar-refractivity contribution in [2.45, 2.75) is 40.8 Å². The van der Waals surface area contributed by atoms with Gasteiger partial charge in [-0.15, -0.1) is 0 Å². The molecule has 1 N–H and O–H groups in total. The van der Waals surface area contributed by atoms with E-state index in [9.17, 15) is 4.79 Å². The van der Waals surface area contributed by atoms with Crippen LogP contribution in [0.25, 0.3) is 0 Å². The Morgan fingerprint density at radius 3 is 2.39 bits per heavy atom. The predicted molar refractivity (Wildman–Crippen MR) is 125 cm³/mol. The average molecular weight is 430 g/mol. The Morgan fingerprint density at radius 2 is 1.74 bits per heavy atom. The van der Waals surface area contributed by atoms with Gasteiger partial charge in [0.2, 0.25) is 5.91 Å². The number of hydrogen-bond donors (Lipinski definition) is 1. The molecule has 0 spiro atoms. The SMILES string of the molecule is CCN(CC)CCN(CCOC)CC(=O)NCc1c(C)nn(Cc2ccccc2)c1C. The number of amides is 1. The third kappa shape index (κ3) is 8.09. The molecule has 2 aromatic rings. The van der Waals surface area contributed by atoms with Crippen LogP contribution in [0.2, 0.25) is 0 Å². The third-order valence-electron chi connectivity index (χ3n) is 5.77. The highest BCUT2D eigenvalue weighted by Crippen LogP contribution is 2.14. The number of benzene rings is 1. The Balaban J connectivity index is 1.92. The fourth-order valence-corrected chi connectivity index (χ4v) is 3.66. The number of rotatable bonds is 14. The molecule has 2 rings (SSSR count).